The Labute approximate surface area is 178 Å². The van der Waals surface area contributed by atoms with Crippen LogP contribution in [-0.2, 0) is 4.79 Å². The Morgan fingerprint density at radius 1 is 1.19 bits per heavy atom. The maximum atomic E-state index is 15.8. The van der Waals surface area contributed by atoms with Crippen molar-refractivity contribution in [1.29, 1.82) is 0 Å². The fourth-order valence-electron chi connectivity index (χ4n) is 3.32. The van der Waals surface area contributed by atoms with Gasteiger partial charge in [-0.1, -0.05) is 18.2 Å². The predicted molar refractivity (Wildman–Crippen MR) is 116 cm³/mol. The van der Waals surface area contributed by atoms with E-state index in [9.17, 15) is 9.59 Å². The molecule has 158 valence electrons. The molecule has 0 aliphatic heterocycles. The van der Waals surface area contributed by atoms with E-state index in [2.05, 4.69) is 20.8 Å². The minimum Gasteiger partial charge on any atom is -0.494 e. The van der Waals surface area contributed by atoms with Crippen LogP contribution in [-0.4, -0.2) is 40.3 Å². The Balaban J connectivity index is 1.49. The summed E-state index contributed by atoms with van der Waals surface area (Å²) in [5.41, 5.74) is -0.999. The lowest BCUT2D eigenvalue weighted by Gasteiger charge is -2.30. The molecule has 1 aliphatic carbocycles. The Hall–Kier alpha value is -3.94. The molecule has 2 unspecified atom stereocenters. The summed E-state index contributed by atoms with van der Waals surface area (Å²) in [6.45, 7) is 2.38. The number of anilines is 1. The van der Waals surface area contributed by atoms with Gasteiger partial charge in [-0.05, 0) is 55.5 Å². The number of H-pyrrole nitrogens is 1. The van der Waals surface area contributed by atoms with Crippen LogP contribution in [0.4, 0.5) is 10.1 Å². The number of aromatic amines is 1. The highest BCUT2D eigenvalue weighted by Crippen LogP contribution is 2.27. The minimum atomic E-state index is -2.46. The molecule has 31 heavy (non-hydrogen) atoms. The number of nitrogens with one attached hydrogen (secondary N) is 3. The molecule has 0 saturated carbocycles. The number of allylic oxidation sites excluding steroid dienone is 2. The van der Waals surface area contributed by atoms with E-state index in [-0.39, 0.29) is 0 Å². The van der Waals surface area contributed by atoms with Crippen LogP contribution in [0.2, 0.25) is 0 Å². The van der Waals surface area contributed by atoms with E-state index >= 15 is 4.39 Å². The van der Waals surface area contributed by atoms with Crippen molar-refractivity contribution in [1.82, 2.24) is 15.5 Å². The van der Waals surface area contributed by atoms with Crippen molar-refractivity contribution >= 4 is 28.4 Å². The second-order valence-electron chi connectivity index (χ2n) is 7.05. The highest BCUT2D eigenvalue weighted by molar-refractivity contribution is 6.02. The molecule has 0 saturated heterocycles. The van der Waals surface area contributed by atoms with Crippen molar-refractivity contribution in [2.45, 2.75) is 18.6 Å². The first-order valence-corrected chi connectivity index (χ1v) is 9.83. The molecule has 8 heteroatoms. The van der Waals surface area contributed by atoms with Gasteiger partial charge in [0, 0.05) is 16.6 Å². The number of fused-ring (bicyclic) bond motifs is 1. The molecule has 0 fully saturated rings. The van der Waals surface area contributed by atoms with E-state index in [1.165, 1.54) is 12.2 Å². The normalized spacial score (nSPS) is 19.9. The summed E-state index contributed by atoms with van der Waals surface area (Å²) < 4.78 is 21.2. The van der Waals surface area contributed by atoms with E-state index in [0.717, 1.165) is 11.5 Å². The zero-order chi connectivity index (χ0) is 21.8. The van der Waals surface area contributed by atoms with Crippen LogP contribution < -0.4 is 15.4 Å². The molecule has 2 amide bonds. The smallest absolute Gasteiger partial charge is 0.268 e. The molecule has 7 nitrogen and oxygen atoms in total. The summed E-state index contributed by atoms with van der Waals surface area (Å²) in [4.78, 5) is 25.5. The van der Waals surface area contributed by atoms with Crippen molar-refractivity contribution < 1.29 is 18.7 Å². The lowest BCUT2D eigenvalue weighted by molar-refractivity contribution is -0.125. The van der Waals surface area contributed by atoms with Crippen molar-refractivity contribution in [3.63, 3.8) is 0 Å². The Kier molecular flexibility index (Phi) is 5.53. The van der Waals surface area contributed by atoms with Gasteiger partial charge in [-0.2, -0.15) is 5.10 Å². The fraction of sp³-hybridized carbons (Fsp3) is 0.174. The van der Waals surface area contributed by atoms with Crippen LogP contribution in [0.5, 0.6) is 5.75 Å². The van der Waals surface area contributed by atoms with Crippen LogP contribution in [0.1, 0.15) is 17.3 Å². The molecular weight excluding hydrogens is 399 g/mol. The Bertz CT molecular complexity index is 1170. The number of halogens is 1. The average molecular weight is 420 g/mol. The number of rotatable bonds is 6. The Morgan fingerprint density at radius 2 is 2.00 bits per heavy atom. The predicted octanol–water partition coefficient (Wildman–Crippen LogP) is 3.53. The summed E-state index contributed by atoms with van der Waals surface area (Å²) in [5, 5.41) is 12.8. The van der Waals surface area contributed by atoms with Crippen LogP contribution in [0, 0.1) is 0 Å². The first kappa shape index (κ1) is 20.3. The number of ether oxygens (including phenoxy) is 1. The number of nitrogens with zero attached hydrogens (tertiary/aromatic N) is 1. The van der Waals surface area contributed by atoms with Gasteiger partial charge < -0.3 is 15.4 Å². The van der Waals surface area contributed by atoms with Crippen LogP contribution in [0.3, 0.4) is 0 Å². The highest BCUT2D eigenvalue weighted by Gasteiger charge is 2.45. The lowest BCUT2D eigenvalue weighted by atomic mass is 9.90. The number of amides is 2. The molecule has 0 bridgehead atoms. The maximum absolute atomic E-state index is 15.8. The van der Waals surface area contributed by atoms with Crippen molar-refractivity contribution in [3.8, 4) is 5.75 Å². The molecule has 1 aromatic heterocycles. The maximum Gasteiger partial charge on any atom is 0.268 e. The molecule has 0 radical (unpaired) electrons. The average Bonchev–Trinajstić information content (AvgIpc) is 3.24. The largest absolute Gasteiger partial charge is 0.494 e. The summed E-state index contributed by atoms with van der Waals surface area (Å²) in [5.74, 6) is -0.751. The number of hydrogen-bond donors (Lipinski definition) is 3. The van der Waals surface area contributed by atoms with Crippen LogP contribution in [0.15, 0.2) is 73.0 Å². The first-order valence-electron chi connectivity index (χ1n) is 9.83. The molecule has 4 rings (SSSR count). The van der Waals surface area contributed by atoms with E-state index in [1.54, 1.807) is 54.7 Å². The van der Waals surface area contributed by atoms with Crippen LogP contribution >= 0.6 is 0 Å². The zero-order valence-electron chi connectivity index (χ0n) is 16.8. The van der Waals surface area contributed by atoms with Gasteiger partial charge in [-0.15, -0.1) is 0 Å². The number of aromatic nitrogens is 2. The molecule has 1 aliphatic rings. The van der Waals surface area contributed by atoms with Gasteiger partial charge in [0.05, 0.1) is 24.4 Å². The molecule has 3 N–H and O–H groups in total. The topological polar surface area (TPSA) is 96.1 Å². The summed E-state index contributed by atoms with van der Waals surface area (Å²) in [6.07, 6.45) is 7.27. The van der Waals surface area contributed by atoms with E-state index in [0.29, 0.717) is 29.1 Å². The van der Waals surface area contributed by atoms with Gasteiger partial charge in [0.15, 0.2) is 0 Å². The van der Waals surface area contributed by atoms with E-state index < -0.39 is 23.5 Å². The molecular formula is C23H21FN4O3. The van der Waals surface area contributed by atoms with Gasteiger partial charge >= 0.3 is 0 Å². The minimum absolute atomic E-state index is 0.332. The Morgan fingerprint density at radius 3 is 2.77 bits per heavy atom. The SMILES string of the molecule is CCOc1ccc(C(=O)NC2C=CC=CC2(F)C(=O)Nc2ccc3cn[nH]c3c2)cc1. The monoisotopic (exact) mass is 420 g/mol. The summed E-state index contributed by atoms with van der Waals surface area (Å²) in [7, 11) is 0. The number of hydrogen-bond acceptors (Lipinski definition) is 4. The third kappa shape index (κ3) is 4.18. The molecule has 0 spiro atoms. The molecule has 1 heterocycles. The molecule has 3 aromatic rings. The summed E-state index contributed by atoms with van der Waals surface area (Å²) in [6, 6.07) is 10.4. The van der Waals surface area contributed by atoms with Gasteiger partial charge in [0.2, 0.25) is 5.67 Å². The number of carbonyl (C=O) groups excluding carboxylic acids is 2. The summed E-state index contributed by atoms with van der Waals surface area (Å²) >= 11 is 0. The van der Waals surface area contributed by atoms with Gasteiger partial charge in [0.25, 0.3) is 11.8 Å². The molecule has 2 atom stereocenters. The van der Waals surface area contributed by atoms with Crippen LogP contribution in [0.25, 0.3) is 10.9 Å². The third-order valence-electron chi connectivity index (χ3n) is 4.97. The second-order valence-corrected chi connectivity index (χ2v) is 7.05. The highest BCUT2D eigenvalue weighted by atomic mass is 19.1. The van der Waals surface area contributed by atoms with Gasteiger partial charge in [-0.25, -0.2) is 4.39 Å². The number of alkyl halides is 1. The quantitative estimate of drug-likeness (QED) is 0.568. The van der Waals surface area contributed by atoms with Crippen molar-refractivity contribution in [2.24, 2.45) is 0 Å². The fourth-order valence-corrected chi connectivity index (χ4v) is 3.32. The lowest BCUT2D eigenvalue weighted by Crippen LogP contribution is -2.55. The third-order valence-corrected chi connectivity index (χ3v) is 4.97. The molecule has 2 aromatic carbocycles. The number of carbonyl (C=O) groups is 2. The number of benzene rings is 2. The van der Waals surface area contributed by atoms with E-state index in [1.807, 2.05) is 6.92 Å². The first-order chi connectivity index (χ1) is 15.0. The zero-order valence-corrected chi connectivity index (χ0v) is 16.8. The van der Waals surface area contributed by atoms with Gasteiger partial charge in [-0.3, -0.25) is 14.7 Å². The van der Waals surface area contributed by atoms with Gasteiger partial charge in [0.1, 0.15) is 5.75 Å². The second kappa shape index (κ2) is 8.43. The van der Waals surface area contributed by atoms with Crippen molar-refractivity contribution in [3.05, 3.63) is 78.5 Å². The van der Waals surface area contributed by atoms with Crippen molar-refractivity contribution in [2.75, 3.05) is 11.9 Å². The standard InChI is InChI=1S/C23H21FN4O3/c1-2-31-18-10-7-15(8-11-18)21(29)27-20-5-3-4-12-23(20,24)22(30)26-17-9-6-16-14-25-28-19(16)13-17/h3-14,20H,2H2,1H3,(H,25,28)(H,26,30)(H,27,29). The van der Waals surface area contributed by atoms with E-state index in [4.69, 9.17) is 4.74 Å².